The second-order valence-electron chi connectivity index (χ2n) is 4.15. The van der Waals surface area contributed by atoms with E-state index in [4.69, 9.17) is 5.73 Å². The maximum absolute atomic E-state index is 13.3. The first-order valence-electron chi connectivity index (χ1n) is 5.60. The van der Waals surface area contributed by atoms with Gasteiger partial charge in [-0.25, -0.2) is 4.39 Å². The molecule has 0 fully saturated rings. The average molecular weight is 323 g/mol. The molecule has 0 radical (unpaired) electrons. The molecule has 0 atom stereocenters. The minimum Gasteiger partial charge on any atom is -0.396 e. The maximum Gasteiger partial charge on any atom is 0.255 e. The third-order valence-electron chi connectivity index (χ3n) is 2.71. The summed E-state index contributed by atoms with van der Waals surface area (Å²) in [6.07, 6.45) is 0. The third kappa shape index (κ3) is 3.12. The largest absolute Gasteiger partial charge is 0.396 e. The van der Waals surface area contributed by atoms with Crippen LogP contribution < -0.4 is 11.1 Å². The summed E-state index contributed by atoms with van der Waals surface area (Å²) < 4.78 is 14.2. The van der Waals surface area contributed by atoms with Gasteiger partial charge in [0.05, 0.1) is 5.69 Å². The van der Waals surface area contributed by atoms with Gasteiger partial charge in [0.25, 0.3) is 5.91 Å². The van der Waals surface area contributed by atoms with Crippen molar-refractivity contribution in [3.8, 4) is 0 Å². The van der Waals surface area contributed by atoms with E-state index in [2.05, 4.69) is 21.2 Å². The molecule has 2 aromatic rings. The van der Waals surface area contributed by atoms with E-state index in [1.54, 1.807) is 6.07 Å². The van der Waals surface area contributed by atoms with Gasteiger partial charge in [0, 0.05) is 15.7 Å². The van der Waals surface area contributed by atoms with Gasteiger partial charge in [-0.2, -0.15) is 0 Å². The van der Waals surface area contributed by atoms with Crippen molar-refractivity contribution in [1.82, 2.24) is 0 Å². The molecular formula is C14H12BrFN2O. The second kappa shape index (κ2) is 5.40. The van der Waals surface area contributed by atoms with E-state index < -0.39 is 5.82 Å². The Kier molecular flexibility index (Phi) is 3.85. The summed E-state index contributed by atoms with van der Waals surface area (Å²) >= 11 is 3.34. The lowest BCUT2D eigenvalue weighted by Gasteiger charge is -2.09. The molecule has 0 aliphatic carbocycles. The van der Waals surface area contributed by atoms with Gasteiger partial charge in [-0.3, -0.25) is 4.79 Å². The smallest absolute Gasteiger partial charge is 0.255 e. The molecule has 0 aliphatic heterocycles. The Morgan fingerprint density at radius 2 is 2.00 bits per heavy atom. The standard InChI is InChI=1S/C14H12BrFN2O/c1-8-2-4-10(15)7-13(8)18-14(19)9-3-5-12(17)11(16)6-9/h2-7H,17H2,1H3,(H,18,19). The lowest BCUT2D eigenvalue weighted by molar-refractivity contribution is 0.102. The van der Waals surface area contributed by atoms with E-state index in [0.29, 0.717) is 5.69 Å². The van der Waals surface area contributed by atoms with Crippen molar-refractivity contribution < 1.29 is 9.18 Å². The summed E-state index contributed by atoms with van der Waals surface area (Å²) in [5.74, 6) is -0.973. The zero-order valence-electron chi connectivity index (χ0n) is 10.2. The number of hydrogen-bond donors (Lipinski definition) is 2. The zero-order chi connectivity index (χ0) is 14.0. The van der Waals surface area contributed by atoms with Crippen molar-refractivity contribution >= 4 is 33.2 Å². The Bertz CT molecular complexity index is 643. The highest BCUT2D eigenvalue weighted by atomic mass is 79.9. The van der Waals surface area contributed by atoms with Crippen molar-refractivity contribution in [1.29, 1.82) is 0 Å². The van der Waals surface area contributed by atoms with Gasteiger partial charge in [0.2, 0.25) is 0 Å². The number of benzene rings is 2. The predicted molar refractivity (Wildman–Crippen MR) is 77.6 cm³/mol. The maximum atomic E-state index is 13.3. The number of nitrogens with one attached hydrogen (secondary N) is 1. The van der Waals surface area contributed by atoms with Crippen molar-refractivity contribution in [2.45, 2.75) is 6.92 Å². The van der Waals surface area contributed by atoms with Crippen LogP contribution >= 0.6 is 15.9 Å². The van der Waals surface area contributed by atoms with Gasteiger partial charge in [0.15, 0.2) is 0 Å². The van der Waals surface area contributed by atoms with E-state index >= 15 is 0 Å². The normalized spacial score (nSPS) is 10.3. The summed E-state index contributed by atoms with van der Waals surface area (Å²) in [6.45, 7) is 1.88. The molecule has 2 rings (SSSR count). The number of halogens is 2. The molecule has 3 N–H and O–H groups in total. The third-order valence-corrected chi connectivity index (χ3v) is 3.20. The van der Waals surface area contributed by atoms with Crippen LogP contribution in [0.3, 0.4) is 0 Å². The van der Waals surface area contributed by atoms with Crippen LogP contribution in [-0.2, 0) is 0 Å². The number of amides is 1. The zero-order valence-corrected chi connectivity index (χ0v) is 11.8. The first-order valence-corrected chi connectivity index (χ1v) is 6.39. The fourth-order valence-electron chi connectivity index (χ4n) is 1.59. The van der Waals surface area contributed by atoms with Gasteiger partial charge in [-0.15, -0.1) is 0 Å². The molecule has 0 saturated heterocycles. The van der Waals surface area contributed by atoms with Gasteiger partial charge in [-0.05, 0) is 42.8 Å². The number of anilines is 2. The van der Waals surface area contributed by atoms with Crippen LogP contribution in [0.2, 0.25) is 0 Å². The Hall–Kier alpha value is -1.88. The SMILES string of the molecule is Cc1ccc(Br)cc1NC(=O)c1ccc(N)c(F)c1. The van der Waals surface area contributed by atoms with Crippen LogP contribution in [-0.4, -0.2) is 5.91 Å². The molecule has 0 aliphatic rings. The number of nitrogens with two attached hydrogens (primary N) is 1. The lowest BCUT2D eigenvalue weighted by atomic mass is 10.1. The molecule has 2 aromatic carbocycles. The first kappa shape index (κ1) is 13.5. The topological polar surface area (TPSA) is 55.1 Å². The molecular weight excluding hydrogens is 311 g/mol. The Balaban J connectivity index is 2.25. The summed E-state index contributed by atoms with van der Waals surface area (Å²) in [4.78, 5) is 12.0. The summed E-state index contributed by atoms with van der Waals surface area (Å²) in [5, 5.41) is 2.74. The van der Waals surface area contributed by atoms with Crippen molar-refractivity contribution in [2.24, 2.45) is 0 Å². The number of carbonyl (C=O) groups excluding carboxylic acids is 1. The Morgan fingerprint density at radius 3 is 2.68 bits per heavy atom. The molecule has 0 saturated carbocycles. The summed E-state index contributed by atoms with van der Waals surface area (Å²) in [7, 11) is 0. The predicted octanol–water partition coefficient (Wildman–Crippen LogP) is 3.73. The first-order chi connectivity index (χ1) is 8.97. The van der Waals surface area contributed by atoms with Gasteiger partial charge < -0.3 is 11.1 Å². The second-order valence-corrected chi connectivity index (χ2v) is 5.07. The number of hydrogen-bond acceptors (Lipinski definition) is 2. The number of nitrogen functional groups attached to an aromatic ring is 1. The highest BCUT2D eigenvalue weighted by molar-refractivity contribution is 9.10. The molecule has 0 bridgehead atoms. The van der Waals surface area contributed by atoms with Gasteiger partial charge >= 0.3 is 0 Å². The summed E-state index contributed by atoms with van der Waals surface area (Å²) in [6, 6.07) is 9.54. The molecule has 19 heavy (non-hydrogen) atoms. The Morgan fingerprint density at radius 1 is 1.26 bits per heavy atom. The minimum absolute atomic E-state index is 0.0233. The number of rotatable bonds is 2. The highest BCUT2D eigenvalue weighted by Gasteiger charge is 2.10. The van der Waals surface area contributed by atoms with E-state index in [-0.39, 0.29) is 17.2 Å². The highest BCUT2D eigenvalue weighted by Crippen LogP contribution is 2.21. The molecule has 1 amide bonds. The average Bonchev–Trinajstić information content (AvgIpc) is 2.37. The van der Waals surface area contributed by atoms with E-state index in [0.717, 1.165) is 16.1 Å². The fraction of sp³-hybridized carbons (Fsp3) is 0.0714. The van der Waals surface area contributed by atoms with Crippen LogP contribution in [0.25, 0.3) is 0 Å². The number of carbonyl (C=O) groups is 1. The van der Waals surface area contributed by atoms with Crippen LogP contribution in [0.15, 0.2) is 40.9 Å². The molecule has 3 nitrogen and oxygen atoms in total. The van der Waals surface area contributed by atoms with Gasteiger partial charge in [-0.1, -0.05) is 22.0 Å². The molecule has 0 aromatic heterocycles. The molecule has 0 spiro atoms. The van der Waals surface area contributed by atoms with Crippen molar-refractivity contribution in [2.75, 3.05) is 11.1 Å². The van der Waals surface area contributed by atoms with Gasteiger partial charge in [0.1, 0.15) is 5.82 Å². The molecule has 0 unspecified atom stereocenters. The summed E-state index contributed by atoms with van der Waals surface area (Å²) in [5.41, 5.74) is 7.22. The van der Waals surface area contributed by atoms with E-state index in [1.165, 1.54) is 12.1 Å². The minimum atomic E-state index is -0.599. The van der Waals surface area contributed by atoms with E-state index in [9.17, 15) is 9.18 Å². The molecule has 98 valence electrons. The molecule has 0 heterocycles. The lowest BCUT2D eigenvalue weighted by Crippen LogP contribution is -2.13. The van der Waals surface area contributed by atoms with Crippen molar-refractivity contribution in [3.63, 3.8) is 0 Å². The molecule has 5 heteroatoms. The van der Waals surface area contributed by atoms with Crippen LogP contribution in [0.1, 0.15) is 15.9 Å². The van der Waals surface area contributed by atoms with E-state index in [1.807, 2.05) is 19.1 Å². The quantitative estimate of drug-likeness (QED) is 0.828. The number of aryl methyl sites for hydroxylation is 1. The fourth-order valence-corrected chi connectivity index (χ4v) is 1.95. The van der Waals surface area contributed by atoms with Crippen LogP contribution in [0.4, 0.5) is 15.8 Å². The van der Waals surface area contributed by atoms with Crippen LogP contribution in [0.5, 0.6) is 0 Å². The Labute approximate surface area is 118 Å². The van der Waals surface area contributed by atoms with Crippen LogP contribution in [0, 0.1) is 12.7 Å². The monoisotopic (exact) mass is 322 g/mol. The van der Waals surface area contributed by atoms with Crippen molar-refractivity contribution in [3.05, 3.63) is 57.8 Å².